The maximum Gasteiger partial charge on any atom is 0.306 e. The van der Waals surface area contributed by atoms with E-state index >= 15 is 0 Å². The van der Waals surface area contributed by atoms with Crippen LogP contribution in [0.3, 0.4) is 0 Å². The summed E-state index contributed by atoms with van der Waals surface area (Å²) in [6.45, 7) is -0.226. The van der Waals surface area contributed by atoms with Gasteiger partial charge in [-0.25, -0.2) is 0 Å². The topological polar surface area (TPSA) is 55.4 Å². The maximum absolute atomic E-state index is 12.5. The molecule has 4 heteroatoms. The van der Waals surface area contributed by atoms with E-state index in [9.17, 15) is 9.59 Å². The smallest absolute Gasteiger partial charge is 0.306 e. The first-order valence-electron chi connectivity index (χ1n) is 10.2. The van der Waals surface area contributed by atoms with Crippen molar-refractivity contribution in [3.05, 3.63) is 71.8 Å². The summed E-state index contributed by atoms with van der Waals surface area (Å²) >= 11 is 0. The van der Waals surface area contributed by atoms with Crippen LogP contribution in [0.2, 0.25) is 0 Å². The Balaban J connectivity index is 1.32. The molecule has 1 amide bonds. The minimum atomic E-state index is -0.279. The van der Waals surface area contributed by atoms with Gasteiger partial charge in [-0.15, -0.1) is 0 Å². The highest BCUT2D eigenvalue weighted by Crippen LogP contribution is 2.49. The van der Waals surface area contributed by atoms with E-state index in [1.807, 2.05) is 60.7 Å². The fraction of sp³-hybridized carbons (Fsp3) is 0.417. The van der Waals surface area contributed by atoms with Gasteiger partial charge in [0.05, 0.1) is 6.04 Å². The van der Waals surface area contributed by atoms with Crippen LogP contribution in [0.5, 0.6) is 0 Å². The summed E-state index contributed by atoms with van der Waals surface area (Å²) in [5.74, 6) is 1.42. The standard InChI is InChI=1S/C24H27NO3/c26-22(16-28-23(27)15-21-14-17-11-12-20(21)13-17)25-24(18-7-3-1-4-8-18)19-9-5-2-6-10-19/h1-10,17,20-21,24H,11-16H2,(H,25,26)/t17-,20-,21+/m1/s1. The molecule has 28 heavy (non-hydrogen) atoms. The van der Waals surface area contributed by atoms with Crippen LogP contribution in [0.1, 0.15) is 49.3 Å². The molecule has 0 aromatic heterocycles. The van der Waals surface area contributed by atoms with E-state index in [0.29, 0.717) is 18.3 Å². The van der Waals surface area contributed by atoms with E-state index in [0.717, 1.165) is 23.5 Å². The van der Waals surface area contributed by atoms with Crippen molar-refractivity contribution in [2.24, 2.45) is 17.8 Å². The van der Waals surface area contributed by atoms with Gasteiger partial charge in [-0.1, -0.05) is 67.1 Å². The zero-order valence-corrected chi connectivity index (χ0v) is 16.1. The SMILES string of the molecule is O=C(COC(=O)C[C@@H]1C[C@@H]2CC[C@@H]1C2)NC(c1ccccc1)c1ccccc1. The summed E-state index contributed by atoms with van der Waals surface area (Å²) in [5.41, 5.74) is 1.99. The van der Waals surface area contributed by atoms with Crippen LogP contribution in [-0.2, 0) is 14.3 Å². The largest absolute Gasteiger partial charge is 0.456 e. The van der Waals surface area contributed by atoms with E-state index in [1.165, 1.54) is 19.3 Å². The van der Waals surface area contributed by atoms with Crippen molar-refractivity contribution in [3.63, 3.8) is 0 Å². The number of rotatable bonds is 7. The number of esters is 1. The second-order valence-corrected chi connectivity index (χ2v) is 8.12. The van der Waals surface area contributed by atoms with Gasteiger partial charge in [-0.05, 0) is 48.1 Å². The number of hydrogen-bond acceptors (Lipinski definition) is 3. The van der Waals surface area contributed by atoms with Gasteiger partial charge in [0.2, 0.25) is 0 Å². The molecule has 1 N–H and O–H groups in total. The average molecular weight is 377 g/mol. The highest BCUT2D eigenvalue weighted by atomic mass is 16.5. The number of ether oxygens (including phenoxy) is 1. The predicted octanol–water partition coefficient (Wildman–Crippen LogP) is 4.26. The van der Waals surface area contributed by atoms with Crippen molar-refractivity contribution in [3.8, 4) is 0 Å². The zero-order valence-electron chi connectivity index (χ0n) is 16.1. The number of amides is 1. The molecule has 3 atom stereocenters. The summed E-state index contributed by atoms with van der Waals surface area (Å²) < 4.78 is 5.30. The van der Waals surface area contributed by atoms with Crippen molar-refractivity contribution in [2.75, 3.05) is 6.61 Å². The molecule has 2 aromatic rings. The van der Waals surface area contributed by atoms with E-state index in [-0.39, 0.29) is 24.5 Å². The van der Waals surface area contributed by atoms with Crippen LogP contribution in [0.4, 0.5) is 0 Å². The Morgan fingerprint density at radius 3 is 2.11 bits per heavy atom. The minimum absolute atomic E-state index is 0.226. The fourth-order valence-electron chi connectivity index (χ4n) is 4.90. The molecule has 0 heterocycles. The lowest BCUT2D eigenvalue weighted by molar-refractivity contribution is -0.150. The van der Waals surface area contributed by atoms with Crippen LogP contribution in [0.25, 0.3) is 0 Å². The summed E-state index contributed by atoms with van der Waals surface area (Å²) in [6, 6.07) is 19.4. The summed E-state index contributed by atoms with van der Waals surface area (Å²) in [6.07, 6.45) is 5.44. The Bertz CT molecular complexity index is 766. The number of hydrogen-bond donors (Lipinski definition) is 1. The van der Waals surface area contributed by atoms with Gasteiger partial charge < -0.3 is 10.1 Å². The van der Waals surface area contributed by atoms with E-state index < -0.39 is 0 Å². The Morgan fingerprint density at radius 1 is 0.929 bits per heavy atom. The van der Waals surface area contributed by atoms with Crippen molar-refractivity contribution < 1.29 is 14.3 Å². The highest BCUT2D eigenvalue weighted by molar-refractivity contribution is 5.81. The van der Waals surface area contributed by atoms with Crippen LogP contribution < -0.4 is 5.32 Å². The van der Waals surface area contributed by atoms with Crippen LogP contribution in [0, 0.1) is 17.8 Å². The second kappa shape index (κ2) is 8.59. The number of carbonyl (C=O) groups excluding carboxylic acids is 2. The molecule has 2 aliphatic carbocycles. The molecule has 2 fully saturated rings. The Kier molecular flexibility index (Phi) is 5.75. The molecule has 0 unspecified atom stereocenters. The Labute approximate surface area is 166 Å². The van der Waals surface area contributed by atoms with Crippen molar-refractivity contribution >= 4 is 11.9 Å². The third-order valence-corrected chi connectivity index (χ3v) is 6.25. The van der Waals surface area contributed by atoms with Crippen LogP contribution >= 0.6 is 0 Å². The zero-order chi connectivity index (χ0) is 19.3. The Hall–Kier alpha value is -2.62. The highest BCUT2D eigenvalue weighted by Gasteiger charge is 2.40. The normalized spacial score (nSPS) is 23.0. The lowest BCUT2D eigenvalue weighted by Gasteiger charge is -2.21. The summed E-state index contributed by atoms with van der Waals surface area (Å²) in [4.78, 5) is 24.7. The van der Waals surface area contributed by atoms with Gasteiger partial charge in [0, 0.05) is 6.42 Å². The van der Waals surface area contributed by atoms with Crippen LogP contribution in [0.15, 0.2) is 60.7 Å². The monoisotopic (exact) mass is 377 g/mol. The molecule has 146 valence electrons. The molecular formula is C24H27NO3. The molecule has 2 bridgehead atoms. The predicted molar refractivity (Wildman–Crippen MR) is 107 cm³/mol. The number of carbonyl (C=O) groups is 2. The van der Waals surface area contributed by atoms with Gasteiger partial charge in [0.1, 0.15) is 0 Å². The van der Waals surface area contributed by atoms with E-state index in [1.54, 1.807) is 0 Å². The first-order valence-corrected chi connectivity index (χ1v) is 10.2. The maximum atomic E-state index is 12.5. The van der Waals surface area contributed by atoms with Crippen molar-refractivity contribution in [1.82, 2.24) is 5.32 Å². The third kappa shape index (κ3) is 4.44. The Morgan fingerprint density at radius 2 is 1.57 bits per heavy atom. The molecule has 0 spiro atoms. The first kappa shape index (κ1) is 18.7. The molecule has 2 aromatic carbocycles. The minimum Gasteiger partial charge on any atom is -0.456 e. The number of nitrogens with one attached hydrogen (secondary N) is 1. The molecule has 0 aliphatic heterocycles. The van der Waals surface area contributed by atoms with Crippen molar-refractivity contribution in [1.29, 1.82) is 0 Å². The van der Waals surface area contributed by atoms with Gasteiger partial charge >= 0.3 is 5.97 Å². The first-order chi connectivity index (χ1) is 13.7. The quantitative estimate of drug-likeness (QED) is 0.734. The molecule has 4 rings (SSSR count). The number of benzene rings is 2. The van der Waals surface area contributed by atoms with Gasteiger partial charge in [-0.2, -0.15) is 0 Å². The molecule has 0 saturated heterocycles. The van der Waals surface area contributed by atoms with E-state index in [2.05, 4.69) is 5.32 Å². The third-order valence-electron chi connectivity index (χ3n) is 6.25. The van der Waals surface area contributed by atoms with Gasteiger partial charge in [0.25, 0.3) is 5.91 Å². The second-order valence-electron chi connectivity index (χ2n) is 8.12. The molecule has 0 radical (unpaired) electrons. The lowest BCUT2D eigenvalue weighted by atomic mass is 9.86. The molecule has 2 saturated carbocycles. The van der Waals surface area contributed by atoms with Crippen LogP contribution in [-0.4, -0.2) is 18.5 Å². The molecule has 4 nitrogen and oxygen atoms in total. The molecular weight excluding hydrogens is 350 g/mol. The van der Waals surface area contributed by atoms with Gasteiger partial charge in [-0.3, -0.25) is 9.59 Å². The summed E-state index contributed by atoms with van der Waals surface area (Å²) in [5, 5.41) is 3.01. The molecule has 2 aliphatic rings. The summed E-state index contributed by atoms with van der Waals surface area (Å²) in [7, 11) is 0. The lowest BCUT2D eigenvalue weighted by Crippen LogP contribution is -2.33. The number of fused-ring (bicyclic) bond motifs is 2. The van der Waals surface area contributed by atoms with Gasteiger partial charge in [0.15, 0.2) is 6.61 Å². The fourth-order valence-corrected chi connectivity index (χ4v) is 4.90. The van der Waals surface area contributed by atoms with E-state index in [4.69, 9.17) is 4.74 Å². The average Bonchev–Trinajstić information content (AvgIpc) is 3.35. The van der Waals surface area contributed by atoms with Crippen molar-refractivity contribution in [2.45, 2.75) is 38.1 Å².